The Kier molecular flexibility index (Phi) is 5.08. The second-order valence-corrected chi connectivity index (χ2v) is 3.64. The molecule has 0 aliphatic rings. The maximum Gasteiger partial charge on any atom is 0.251 e. The normalized spacial score (nSPS) is 12.1. The number of carbonyl (C=O) groups is 1. The molecule has 1 aromatic rings. The van der Waals surface area contributed by atoms with Crippen molar-refractivity contribution in [2.75, 3.05) is 19.6 Å². The third kappa shape index (κ3) is 3.72. The van der Waals surface area contributed by atoms with Crippen LogP contribution in [-0.2, 0) is 4.74 Å². The van der Waals surface area contributed by atoms with E-state index in [0.29, 0.717) is 12.2 Å². The summed E-state index contributed by atoms with van der Waals surface area (Å²) < 4.78 is 4.91. The summed E-state index contributed by atoms with van der Waals surface area (Å²) in [5.41, 5.74) is 0.395. The highest BCUT2D eigenvalue weighted by Crippen LogP contribution is 2.10. The van der Waals surface area contributed by atoms with Crippen LogP contribution in [0.3, 0.4) is 0 Å². The van der Waals surface area contributed by atoms with Crippen molar-refractivity contribution in [1.29, 1.82) is 0 Å². The Morgan fingerprint density at radius 1 is 1.62 bits per heavy atom. The highest BCUT2D eigenvalue weighted by atomic mass is 35.5. The van der Waals surface area contributed by atoms with Crippen LogP contribution in [0.2, 0.25) is 0 Å². The van der Waals surface area contributed by atoms with Crippen LogP contribution >= 0.6 is 11.6 Å². The largest absolute Gasteiger partial charge is 0.508 e. The number of hydrogen-bond donors (Lipinski definition) is 2. The molecule has 2 N–H and O–H groups in total. The van der Waals surface area contributed by atoms with Crippen molar-refractivity contribution >= 4 is 17.5 Å². The molecule has 1 rings (SSSR count). The number of phenols is 1. The zero-order chi connectivity index (χ0) is 12.0. The SMILES string of the molecule is COCC(CCl)NC(=O)c1cccc(O)c1. The summed E-state index contributed by atoms with van der Waals surface area (Å²) >= 11 is 5.67. The van der Waals surface area contributed by atoms with E-state index in [1.807, 2.05) is 0 Å². The molecular formula is C11H14ClNO3. The fourth-order valence-corrected chi connectivity index (χ4v) is 1.41. The maximum atomic E-state index is 11.7. The number of rotatable bonds is 5. The van der Waals surface area contributed by atoms with Gasteiger partial charge >= 0.3 is 0 Å². The summed E-state index contributed by atoms with van der Waals surface area (Å²) in [4.78, 5) is 11.7. The van der Waals surface area contributed by atoms with Gasteiger partial charge in [-0.25, -0.2) is 0 Å². The first-order valence-corrected chi connectivity index (χ1v) is 5.35. The third-order valence-corrected chi connectivity index (χ3v) is 2.37. The fourth-order valence-electron chi connectivity index (χ4n) is 1.24. The van der Waals surface area contributed by atoms with Gasteiger partial charge in [0, 0.05) is 18.6 Å². The summed E-state index contributed by atoms with van der Waals surface area (Å²) in [7, 11) is 1.54. The topological polar surface area (TPSA) is 58.6 Å². The first-order valence-electron chi connectivity index (χ1n) is 4.82. The van der Waals surface area contributed by atoms with Crippen molar-refractivity contribution < 1.29 is 14.6 Å². The molecule has 4 nitrogen and oxygen atoms in total. The van der Waals surface area contributed by atoms with Crippen molar-refractivity contribution in [3.8, 4) is 5.75 Å². The Bertz CT molecular complexity index is 357. The van der Waals surface area contributed by atoms with E-state index >= 15 is 0 Å². The fraction of sp³-hybridized carbons (Fsp3) is 0.364. The van der Waals surface area contributed by atoms with E-state index in [9.17, 15) is 9.90 Å². The predicted molar refractivity (Wildman–Crippen MR) is 62.0 cm³/mol. The molecule has 16 heavy (non-hydrogen) atoms. The molecule has 0 spiro atoms. The van der Waals surface area contributed by atoms with E-state index in [4.69, 9.17) is 16.3 Å². The Morgan fingerprint density at radius 2 is 2.38 bits per heavy atom. The lowest BCUT2D eigenvalue weighted by atomic mass is 10.2. The first kappa shape index (κ1) is 12.8. The van der Waals surface area contributed by atoms with Gasteiger partial charge < -0.3 is 15.2 Å². The predicted octanol–water partition coefficient (Wildman–Crippen LogP) is 1.38. The quantitative estimate of drug-likeness (QED) is 0.768. The smallest absolute Gasteiger partial charge is 0.251 e. The summed E-state index contributed by atoms with van der Waals surface area (Å²) in [6.45, 7) is 0.355. The number of benzene rings is 1. The zero-order valence-corrected chi connectivity index (χ0v) is 9.70. The van der Waals surface area contributed by atoms with Gasteiger partial charge in [-0.3, -0.25) is 4.79 Å². The molecule has 1 unspecified atom stereocenters. The molecule has 0 heterocycles. The van der Waals surface area contributed by atoms with Gasteiger partial charge in [0.05, 0.1) is 12.6 Å². The lowest BCUT2D eigenvalue weighted by Gasteiger charge is -2.14. The van der Waals surface area contributed by atoms with Crippen LogP contribution in [0.4, 0.5) is 0 Å². The van der Waals surface area contributed by atoms with E-state index in [2.05, 4.69) is 5.32 Å². The second-order valence-electron chi connectivity index (χ2n) is 3.33. The average molecular weight is 244 g/mol. The molecule has 0 aromatic heterocycles. The standard InChI is InChI=1S/C11H14ClNO3/c1-16-7-9(6-12)13-11(15)8-3-2-4-10(14)5-8/h2-5,9,14H,6-7H2,1H3,(H,13,15). The number of methoxy groups -OCH3 is 1. The first-order chi connectivity index (χ1) is 7.67. The van der Waals surface area contributed by atoms with E-state index in [-0.39, 0.29) is 23.6 Å². The van der Waals surface area contributed by atoms with Crippen molar-refractivity contribution in [1.82, 2.24) is 5.32 Å². The van der Waals surface area contributed by atoms with Crippen molar-refractivity contribution in [2.24, 2.45) is 0 Å². The number of phenolic OH excluding ortho intramolecular Hbond substituents is 1. The molecule has 88 valence electrons. The van der Waals surface area contributed by atoms with Gasteiger partial charge in [0.25, 0.3) is 5.91 Å². The minimum Gasteiger partial charge on any atom is -0.508 e. The van der Waals surface area contributed by atoms with Crippen LogP contribution in [0.1, 0.15) is 10.4 Å². The Balaban J connectivity index is 2.64. The number of alkyl halides is 1. The van der Waals surface area contributed by atoms with Crippen molar-refractivity contribution in [3.63, 3.8) is 0 Å². The minimum absolute atomic E-state index is 0.0572. The number of aromatic hydroxyl groups is 1. The Labute approximate surface area is 99.2 Å². The summed E-state index contributed by atoms with van der Waals surface area (Å²) in [5, 5.41) is 11.9. The molecular weight excluding hydrogens is 230 g/mol. The highest BCUT2D eigenvalue weighted by molar-refractivity contribution is 6.18. The molecule has 1 aromatic carbocycles. The monoisotopic (exact) mass is 243 g/mol. The molecule has 1 atom stereocenters. The van der Waals surface area contributed by atoms with Gasteiger partial charge in [0.1, 0.15) is 5.75 Å². The summed E-state index contributed by atoms with van der Waals surface area (Å²) in [5.74, 6) is 0.0543. The van der Waals surface area contributed by atoms with E-state index in [0.717, 1.165) is 0 Å². The minimum atomic E-state index is -0.279. The van der Waals surface area contributed by atoms with Crippen LogP contribution in [0.25, 0.3) is 0 Å². The second kappa shape index (κ2) is 6.35. The van der Waals surface area contributed by atoms with Crippen LogP contribution in [0, 0.1) is 0 Å². The van der Waals surface area contributed by atoms with Gasteiger partial charge in [-0.2, -0.15) is 0 Å². The molecule has 1 amide bonds. The number of carbonyl (C=O) groups excluding carboxylic acids is 1. The lowest BCUT2D eigenvalue weighted by Crippen LogP contribution is -2.39. The molecule has 0 aliphatic carbocycles. The summed E-state index contributed by atoms with van der Waals surface area (Å²) in [6.07, 6.45) is 0. The number of hydrogen-bond acceptors (Lipinski definition) is 3. The van der Waals surface area contributed by atoms with Crippen LogP contribution in [0.5, 0.6) is 5.75 Å². The Hall–Kier alpha value is -1.26. The third-order valence-electron chi connectivity index (χ3n) is 2.00. The Morgan fingerprint density at radius 3 is 2.94 bits per heavy atom. The lowest BCUT2D eigenvalue weighted by molar-refractivity contribution is 0.0906. The molecule has 0 saturated heterocycles. The van der Waals surface area contributed by atoms with Gasteiger partial charge in [0.2, 0.25) is 0 Å². The number of ether oxygens (including phenoxy) is 1. The van der Waals surface area contributed by atoms with Crippen LogP contribution in [-0.4, -0.2) is 36.7 Å². The van der Waals surface area contributed by atoms with Gasteiger partial charge in [0.15, 0.2) is 0 Å². The van der Waals surface area contributed by atoms with Gasteiger partial charge in [-0.15, -0.1) is 11.6 Å². The molecule has 0 radical (unpaired) electrons. The maximum absolute atomic E-state index is 11.7. The van der Waals surface area contributed by atoms with E-state index in [1.54, 1.807) is 19.2 Å². The van der Waals surface area contributed by atoms with Crippen LogP contribution < -0.4 is 5.32 Å². The van der Waals surface area contributed by atoms with Gasteiger partial charge in [-0.05, 0) is 18.2 Å². The molecule has 0 bridgehead atoms. The van der Waals surface area contributed by atoms with E-state index < -0.39 is 0 Å². The number of amides is 1. The zero-order valence-electron chi connectivity index (χ0n) is 8.94. The highest BCUT2D eigenvalue weighted by Gasteiger charge is 2.12. The van der Waals surface area contributed by atoms with Crippen molar-refractivity contribution in [3.05, 3.63) is 29.8 Å². The molecule has 0 fully saturated rings. The van der Waals surface area contributed by atoms with Crippen molar-refractivity contribution in [2.45, 2.75) is 6.04 Å². The van der Waals surface area contributed by atoms with Gasteiger partial charge in [-0.1, -0.05) is 6.07 Å². The average Bonchev–Trinajstić information content (AvgIpc) is 2.28. The molecule has 0 saturated carbocycles. The molecule has 0 aliphatic heterocycles. The molecule has 5 heteroatoms. The number of halogens is 1. The number of nitrogens with one attached hydrogen (secondary N) is 1. The van der Waals surface area contributed by atoms with Crippen LogP contribution in [0.15, 0.2) is 24.3 Å². The van der Waals surface area contributed by atoms with E-state index in [1.165, 1.54) is 12.1 Å². The summed E-state index contributed by atoms with van der Waals surface area (Å²) in [6, 6.07) is 5.89.